The van der Waals surface area contributed by atoms with E-state index in [0.717, 1.165) is 22.4 Å². The molecule has 0 aliphatic carbocycles. The minimum Gasteiger partial charge on any atom is -0.497 e. The fourth-order valence-electron chi connectivity index (χ4n) is 3.19. The van der Waals surface area contributed by atoms with Crippen molar-refractivity contribution in [3.05, 3.63) is 101 Å². The van der Waals surface area contributed by atoms with Crippen LogP contribution in [-0.4, -0.2) is 25.5 Å². The average molecular weight is 437 g/mol. The van der Waals surface area contributed by atoms with E-state index >= 15 is 0 Å². The lowest BCUT2D eigenvalue weighted by Gasteiger charge is -2.20. The van der Waals surface area contributed by atoms with Crippen LogP contribution in [0.1, 0.15) is 29.2 Å². The summed E-state index contributed by atoms with van der Waals surface area (Å²) in [7, 11) is 1.61. The number of ether oxygens (including phenoxy) is 1. The Morgan fingerprint density at radius 3 is 2.16 bits per heavy atom. The zero-order valence-electron chi connectivity index (χ0n) is 17.3. The maximum absolute atomic E-state index is 12.6. The second-order valence-electron chi connectivity index (χ2n) is 7.09. The molecule has 0 spiro atoms. The van der Waals surface area contributed by atoms with Gasteiger partial charge in [-0.05, 0) is 47.4 Å². The molecule has 0 heterocycles. The topological polar surface area (TPSA) is 67.4 Å². The standard InChI is InChI=1S/C25H25ClN2O3/c1-31-22-14-7-18(8-15-22)9-16-23(29)27-17-24(30)28-25(19-5-3-2-4-6-19)20-10-12-21(26)13-11-20/h2-8,10-15,25H,9,16-17H2,1H3,(H,27,29)(H,28,30). The summed E-state index contributed by atoms with van der Waals surface area (Å²) in [4.78, 5) is 24.7. The molecule has 0 saturated carbocycles. The first kappa shape index (κ1) is 22.4. The summed E-state index contributed by atoms with van der Waals surface area (Å²) < 4.78 is 5.13. The van der Waals surface area contributed by atoms with E-state index in [1.807, 2.05) is 66.7 Å². The van der Waals surface area contributed by atoms with E-state index in [-0.39, 0.29) is 24.4 Å². The number of amides is 2. The molecule has 0 saturated heterocycles. The average Bonchev–Trinajstić information content (AvgIpc) is 2.81. The van der Waals surface area contributed by atoms with Crippen molar-refractivity contribution >= 4 is 23.4 Å². The van der Waals surface area contributed by atoms with Gasteiger partial charge in [-0.2, -0.15) is 0 Å². The molecule has 3 rings (SSSR count). The summed E-state index contributed by atoms with van der Waals surface area (Å²) in [5, 5.41) is 6.33. The molecule has 3 aromatic rings. The number of nitrogens with one attached hydrogen (secondary N) is 2. The lowest BCUT2D eigenvalue weighted by atomic mass is 9.98. The molecule has 0 aliphatic rings. The zero-order valence-corrected chi connectivity index (χ0v) is 18.1. The molecule has 160 valence electrons. The van der Waals surface area contributed by atoms with Gasteiger partial charge in [0.1, 0.15) is 5.75 Å². The summed E-state index contributed by atoms with van der Waals surface area (Å²) in [6.45, 7) is -0.0850. The first-order chi connectivity index (χ1) is 15.0. The third kappa shape index (κ3) is 6.86. The van der Waals surface area contributed by atoms with Crippen LogP contribution in [-0.2, 0) is 16.0 Å². The molecule has 2 amide bonds. The summed E-state index contributed by atoms with van der Waals surface area (Å²) in [5.74, 6) is 0.342. The molecule has 3 aromatic carbocycles. The van der Waals surface area contributed by atoms with Gasteiger partial charge in [0.2, 0.25) is 11.8 Å². The minimum absolute atomic E-state index is 0.0850. The number of methoxy groups -OCH3 is 1. The Balaban J connectivity index is 1.54. The molecule has 6 heteroatoms. The third-order valence-electron chi connectivity index (χ3n) is 4.89. The van der Waals surface area contributed by atoms with Crippen LogP contribution >= 0.6 is 11.6 Å². The fourth-order valence-corrected chi connectivity index (χ4v) is 3.32. The highest BCUT2D eigenvalue weighted by Gasteiger charge is 2.17. The Kier molecular flexibility index (Phi) is 8.07. The summed E-state index contributed by atoms with van der Waals surface area (Å²) >= 11 is 6.00. The van der Waals surface area contributed by atoms with E-state index < -0.39 is 0 Å². The van der Waals surface area contributed by atoms with Crippen LogP contribution in [0.25, 0.3) is 0 Å². The van der Waals surface area contributed by atoms with Gasteiger partial charge in [0.05, 0.1) is 19.7 Å². The summed E-state index contributed by atoms with van der Waals surface area (Å²) in [6, 6.07) is 24.3. The Labute approximate surface area is 187 Å². The highest BCUT2D eigenvalue weighted by Crippen LogP contribution is 2.23. The van der Waals surface area contributed by atoms with Crippen molar-refractivity contribution in [3.63, 3.8) is 0 Å². The summed E-state index contributed by atoms with van der Waals surface area (Å²) in [5.41, 5.74) is 2.89. The molecular weight excluding hydrogens is 412 g/mol. The first-order valence-corrected chi connectivity index (χ1v) is 10.4. The van der Waals surface area contributed by atoms with Crippen LogP contribution in [0.15, 0.2) is 78.9 Å². The van der Waals surface area contributed by atoms with Crippen LogP contribution in [0.3, 0.4) is 0 Å². The van der Waals surface area contributed by atoms with Gasteiger partial charge in [-0.15, -0.1) is 0 Å². The zero-order chi connectivity index (χ0) is 22.1. The lowest BCUT2D eigenvalue weighted by molar-refractivity contribution is -0.126. The van der Waals surface area contributed by atoms with Gasteiger partial charge in [-0.3, -0.25) is 9.59 Å². The van der Waals surface area contributed by atoms with Crippen molar-refractivity contribution in [2.75, 3.05) is 13.7 Å². The number of rotatable bonds is 9. The lowest BCUT2D eigenvalue weighted by Crippen LogP contribution is -2.39. The highest BCUT2D eigenvalue weighted by atomic mass is 35.5. The van der Waals surface area contributed by atoms with Gasteiger partial charge in [0.15, 0.2) is 0 Å². The van der Waals surface area contributed by atoms with Gasteiger partial charge in [-0.25, -0.2) is 0 Å². The van der Waals surface area contributed by atoms with E-state index in [1.165, 1.54) is 0 Å². The number of aryl methyl sites for hydroxylation is 1. The highest BCUT2D eigenvalue weighted by molar-refractivity contribution is 6.30. The second kappa shape index (κ2) is 11.2. The van der Waals surface area contributed by atoms with E-state index in [9.17, 15) is 9.59 Å². The first-order valence-electron chi connectivity index (χ1n) is 10.0. The monoisotopic (exact) mass is 436 g/mol. The van der Waals surface area contributed by atoms with E-state index in [4.69, 9.17) is 16.3 Å². The van der Waals surface area contributed by atoms with Crippen molar-refractivity contribution in [1.29, 1.82) is 0 Å². The van der Waals surface area contributed by atoms with E-state index in [1.54, 1.807) is 19.2 Å². The number of benzene rings is 3. The Morgan fingerprint density at radius 2 is 1.52 bits per heavy atom. The van der Waals surface area contributed by atoms with Gasteiger partial charge in [0.25, 0.3) is 0 Å². The van der Waals surface area contributed by atoms with Crippen molar-refractivity contribution in [2.24, 2.45) is 0 Å². The Hall–Kier alpha value is -3.31. The minimum atomic E-state index is -0.331. The molecule has 1 unspecified atom stereocenters. The second-order valence-corrected chi connectivity index (χ2v) is 7.52. The van der Waals surface area contributed by atoms with Crippen molar-refractivity contribution in [1.82, 2.24) is 10.6 Å². The quantitative estimate of drug-likeness (QED) is 0.525. The largest absolute Gasteiger partial charge is 0.497 e. The third-order valence-corrected chi connectivity index (χ3v) is 5.14. The van der Waals surface area contributed by atoms with Crippen LogP contribution in [0.4, 0.5) is 0 Å². The van der Waals surface area contributed by atoms with Gasteiger partial charge < -0.3 is 15.4 Å². The van der Waals surface area contributed by atoms with Crippen molar-refractivity contribution in [2.45, 2.75) is 18.9 Å². The number of carbonyl (C=O) groups is 2. The number of hydrogen-bond acceptors (Lipinski definition) is 3. The predicted molar refractivity (Wildman–Crippen MR) is 122 cm³/mol. The molecule has 5 nitrogen and oxygen atoms in total. The van der Waals surface area contributed by atoms with E-state index in [2.05, 4.69) is 10.6 Å². The molecule has 0 radical (unpaired) electrons. The molecule has 2 N–H and O–H groups in total. The van der Waals surface area contributed by atoms with E-state index in [0.29, 0.717) is 17.9 Å². The molecule has 1 atom stereocenters. The van der Waals surface area contributed by atoms with Gasteiger partial charge in [0, 0.05) is 11.4 Å². The Bertz CT molecular complexity index is 990. The number of halogens is 1. The smallest absolute Gasteiger partial charge is 0.240 e. The Morgan fingerprint density at radius 1 is 0.871 bits per heavy atom. The van der Waals surface area contributed by atoms with Crippen LogP contribution in [0, 0.1) is 0 Å². The molecular formula is C25H25ClN2O3. The number of hydrogen-bond donors (Lipinski definition) is 2. The fraction of sp³-hybridized carbons (Fsp3) is 0.200. The van der Waals surface area contributed by atoms with Crippen molar-refractivity contribution < 1.29 is 14.3 Å². The summed E-state index contributed by atoms with van der Waals surface area (Å²) in [6.07, 6.45) is 0.897. The maximum atomic E-state index is 12.6. The van der Waals surface area contributed by atoms with Crippen LogP contribution in [0.2, 0.25) is 5.02 Å². The normalized spacial score (nSPS) is 11.4. The number of carbonyl (C=O) groups excluding carboxylic acids is 2. The van der Waals surface area contributed by atoms with Gasteiger partial charge in [-0.1, -0.05) is 66.2 Å². The molecule has 31 heavy (non-hydrogen) atoms. The van der Waals surface area contributed by atoms with Crippen LogP contribution in [0.5, 0.6) is 5.75 Å². The van der Waals surface area contributed by atoms with Gasteiger partial charge >= 0.3 is 0 Å². The predicted octanol–water partition coefficient (Wildman–Crippen LogP) is 4.30. The maximum Gasteiger partial charge on any atom is 0.240 e. The molecule has 0 bridgehead atoms. The van der Waals surface area contributed by atoms with Crippen molar-refractivity contribution in [3.8, 4) is 5.75 Å². The molecule has 0 aromatic heterocycles. The van der Waals surface area contributed by atoms with Crippen LogP contribution < -0.4 is 15.4 Å². The SMILES string of the molecule is COc1ccc(CCC(=O)NCC(=O)NC(c2ccccc2)c2ccc(Cl)cc2)cc1. The molecule has 0 aliphatic heterocycles. The molecule has 0 fully saturated rings.